The Morgan fingerprint density at radius 2 is 1.91 bits per heavy atom. The van der Waals surface area contributed by atoms with Crippen LogP contribution in [0.2, 0.25) is 0 Å². The van der Waals surface area contributed by atoms with Gasteiger partial charge in [0.25, 0.3) is 0 Å². The molecule has 1 aliphatic rings. The first-order valence-corrected chi connectivity index (χ1v) is 10.6. The van der Waals surface area contributed by atoms with E-state index >= 15 is 0 Å². The monoisotopic (exact) mass is 469 g/mol. The predicted octanol–water partition coefficient (Wildman–Crippen LogP) is 5.67. The number of halogens is 4. The summed E-state index contributed by atoms with van der Waals surface area (Å²) >= 11 is 0. The molecule has 1 saturated heterocycles. The minimum absolute atomic E-state index is 0.0253. The van der Waals surface area contributed by atoms with Crippen LogP contribution < -0.4 is 15.0 Å². The number of anilines is 1. The molecule has 3 rings (SSSR count). The fourth-order valence-electron chi connectivity index (χ4n) is 3.78. The highest BCUT2D eigenvalue weighted by atomic mass is 19.4. The first kappa shape index (κ1) is 24.6. The van der Waals surface area contributed by atoms with E-state index < -0.39 is 29.6 Å². The molecule has 2 atom stereocenters. The van der Waals surface area contributed by atoms with E-state index in [1.54, 1.807) is 12.3 Å². The van der Waals surface area contributed by atoms with Crippen molar-refractivity contribution in [3.63, 3.8) is 0 Å². The number of rotatable bonds is 4. The standard InChI is InChI=1S/C23H27F4N3O3/c1-14-11-16(29-21(31)33-22(2,3)4)8-10-30(14)17-7-9-28-19(13-17)15-5-6-20(18(24)12-15)32-23(25,26)27/h5-7,9,12-14,16H,8,10-11H2,1-4H3,(H,29,31). The lowest BCUT2D eigenvalue weighted by Gasteiger charge is -2.39. The molecule has 33 heavy (non-hydrogen) atoms. The van der Waals surface area contributed by atoms with Crippen molar-refractivity contribution in [3.8, 4) is 17.0 Å². The van der Waals surface area contributed by atoms with Crippen molar-refractivity contribution in [2.24, 2.45) is 0 Å². The molecule has 180 valence electrons. The van der Waals surface area contributed by atoms with Gasteiger partial charge in [-0.1, -0.05) is 0 Å². The predicted molar refractivity (Wildman–Crippen MR) is 116 cm³/mol. The lowest BCUT2D eigenvalue weighted by Crippen LogP contribution is -2.49. The first-order valence-electron chi connectivity index (χ1n) is 10.6. The van der Waals surface area contributed by atoms with E-state index in [1.807, 2.05) is 33.8 Å². The van der Waals surface area contributed by atoms with E-state index in [9.17, 15) is 22.4 Å². The van der Waals surface area contributed by atoms with E-state index in [0.717, 1.165) is 17.8 Å². The number of ether oxygens (including phenoxy) is 2. The van der Waals surface area contributed by atoms with Crippen molar-refractivity contribution in [1.82, 2.24) is 10.3 Å². The topological polar surface area (TPSA) is 63.7 Å². The van der Waals surface area contributed by atoms with Gasteiger partial charge in [0.05, 0.1) is 5.69 Å². The van der Waals surface area contributed by atoms with Crippen LogP contribution in [0.4, 0.5) is 28.0 Å². The van der Waals surface area contributed by atoms with Crippen LogP contribution in [0.5, 0.6) is 5.75 Å². The van der Waals surface area contributed by atoms with Gasteiger partial charge in [-0.05, 0) is 70.9 Å². The largest absolute Gasteiger partial charge is 0.573 e. The van der Waals surface area contributed by atoms with Crippen molar-refractivity contribution < 1.29 is 31.8 Å². The molecular weight excluding hydrogens is 442 g/mol. The number of alkyl halides is 3. The van der Waals surface area contributed by atoms with Crippen LogP contribution in [-0.2, 0) is 4.74 Å². The minimum Gasteiger partial charge on any atom is -0.444 e. The summed E-state index contributed by atoms with van der Waals surface area (Å²) in [6, 6.07) is 6.87. The number of nitrogens with zero attached hydrogens (tertiary/aromatic N) is 2. The smallest absolute Gasteiger partial charge is 0.444 e. The molecule has 1 aromatic carbocycles. The number of benzene rings is 1. The average Bonchev–Trinajstić information content (AvgIpc) is 2.67. The van der Waals surface area contributed by atoms with E-state index in [-0.39, 0.29) is 12.1 Å². The van der Waals surface area contributed by atoms with Gasteiger partial charge in [-0.2, -0.15) is 0 Å². The lowest BCUT2D eigenvalue weighted by atomic mass is 9.97. The third-order valence-electron chi connectivity index (χ3n) is 5.13. The Labute approximate surface area is 189 Å². The van der Waals surface area contributed by atoms with Gasteiger partial charge in [-0.3, -0.25) is 4.98 Å². The summed E-state index contributed by atoms with van der Waals surface area (Å²) in [6.07, 6.45) is -2.44. The van der Waals surface area contributed by atoms with E-state index in [4.69, 9.17) is 4.74 Å². The van der Waals surface area contributed by atoms with E-state index in [2.05, 4.69) is 19.9 Å². The molecule has 0 bridgehead atoms. The molecule has 2 aromatic rings. The molecule has 1 fully saturated rings. The maximum absolute atomic E-state index is 14.1. The highest BCUT2D eigenvalue weighted by Crippen LogP contribution is 2.31. The fourth-order valence-corrected chi connectivity index (χ4v) is 3.78. The van der Waals surface area contributed by atoms with Crippen molar-refractivity contribution in [3.05, 3.63) is 42.3 Å². The number of amides is 1. The summed E-state index contributed by atoms with van der Waals surface area (Å²) in [5.74, 6) is -2.02. The number of hydrogen-bond acceptors (Lipinski definition) is 5. The van der Waals surface area contributed by atoms with Crippen molar-refractivity contribution in [2.75, 3.05) is 11.4 Å². The Morgan fingerprint density at radius 3 is 2.52 bits per heavy atom. The number of pyridine rings is 1. The molecule has 0 saturated carbocycles. The Kier molecular flexibility index (Phi) is 7.04. The van der Waals surface area contributed by atoms with Crippen molar-refractivity contribution in [1.29, 1.82) is 0 Å². The molecule has 2 heterocycles. The van der Waals surface area contributed by atoms with Gasteiger partial charge in [0.2, 0.25) is 0 Å². The molecule has 2 unspecified atom stereocenters. The molecule has 10 heteroatoms. The zero-order chi connectivity index (χ0) is 24.4. The van der Waals surface area contributed by atoms with E-state index in [0.29, 0.717) is 30.6 Å². The molecule has 0 radical (unpaired) electrons. The number of carbonyl (C=O) groups is 1. The van der Waals surface area contributed by atoms with E-state index in [1.165, 1.54) is 6.07 Å². The Morgan fingerprint density at radius 1 is 1.18 bits per heavy atom. The number of aromatic nitrogens is 1. The second-order valence-corrected chi connectivity index (χ2v) is 9.00. The number of nitrogens with one attached hydrogen (secondary N) is 1. The maximum atomic E-state index is 14.1. The third-order valence-corrected chi connectivity index (χ3v) is 5.13. The fraction of sp³-hybridized carbons (Fsp3) is 0.478. The second kappa shape index (κ2) is 9.44. The van der Waals surface area contributed by atoms with Gasteiger partial charge in [0, 0.05) is 36.1 Å². The van der Waals surface area contributed by atoms with Crippen LogP contribution in [0.1, 0.15) is 40.5 Å². The number of alkyl carbamates (subject to hydrolysis) is 1. The zero-order valence-corrected chi connectivity index (χ0v) is 18.9. The van der Waals surface area contributed by atoms with Crippen LogP contribution >= 0.6 is 0 Å². The highest BCUT2D eigenvalue weighted by Gasteiger charge is 2.32. The number of hydrogen-bond donors (Lipinski definition) is 1. The molecule has 1 N–H and O–H groups in total. The normalized spacial score (nSPS) is 19.2. The number of piperidine rings is 1. The summed E-state index contributed by atoms with van der Waals surface area (Å²) in [6.45, 7) is 8.12. The number of carbonyl (C=O) groups excluding carboxylic acids is 1. The van der Waals surface area contributed by atoms with Crippen LogP contribution in [0.3, 0.4) is 0 Å². The van der Waals surface area contributed by atoms with Crippen LogP contribution in [-0.4, -0.2) is 41.7 Å². The minimum atomic E-state index is -4.97. The quantitative estimate of drug-likeness (QED) is 0.585. The highest BCUT2D eigenvalue weighted by molar-refractivity contribution is 5.68. The van der Waals surface area contributed by atoms with Gasteiger partial charge in [-0.25, -0.2) is 9.18 Å². The van der Waals surface area contributed by atoms with Gasteiger partial charge in [-0.15, -0.1) is 13.2 Å². The van der Waals surface area contributed by atoms with Gasteiger partial charge in [0.15, 0.2) is 11.6 Å². The van der Waals surface area contributed by atoms with Crippen molar-refractivity contribution in [2.45, 2.75) is 64.6 Å². The SMILES string of the molecule is CC1CC(NC(=O)OC(C)(C)C)CCN1c1ccnc(-c2ccc(OC(F)(F)F)c(F)c2)c1. The van der Waals surface area contributed by atoms with Crippen LogP contribution in [0, 0.1) is 5.82 Å². The molecule has 6 nitrogen and oxygen atoms in total. The van der Waals surface area contributed by atoms with Gasteiger partial charge in [0.1, 0.15) is 5.60 Å². The average molecular weight is 469 g/mol. The Balaban J connectivity index is 1.69. The van der Waals surface area contributed by atoms with Crippen LogP contribution in [0.25, 0.3) is 11.3 Å². The molecule has 0 aliphatic carbocycles. The molecule has 1 amide bonds. The summed E-state index contributed by atoms with van der Waals surface area (Å²) in [4.78, 5) is 18.4. The maximum Gasteiger partial charge on any atom is 0.573 e. The summed E-state index contributed by atoms with van der Waals surface area (Å²) in [5, 5.41) is 2.91. The molecule has 1 aromatic heterocycles. The van der Waals surface area contributed by atoms with Gasteiger partial charge < -0.3 is 19.7 Å². The third kappa shape index (κ3) is 6.97. The zero-order valence-electron chi connectivity index (χ0n) is 18.9. The first-order chi connectivity index (χ1) is 15.3. The van der Waals surface area contributed by atoms with Gasteiger partial charge >= 0.3 is 12.5 Å². The van der Waals surface area contributed by atoms with Crippen LogP contribution in [0.15, 0.2) is 36.5 Å². The molecule has 1 aliphatic heterocycles. The Hall–Kier alpha value is -3.04. The molecular formula is C23H27F4N3O3. The summed E-state index contributed by atoms with van der Waals surface area (Å²) < 4.78 is 60.2. The Bertz CT molecular complexity index is 992. The summed E-state index contributed by atoms with van der Waals surface area (Å²) in [5.41, 5.74) is 1.03. The van der Waals surface area contributed by atoms with Crippen molar-refractivity contribution >= 4 is 11.8 Å². The summed E-state index contributed by atoms with van der Waals surface area (Å²) in [7, 11) is 0. The molecule has 0 spiro atoms. The second-order valence-electron chi connectivity index (χ2n) is 9.00. The lowest BCUT2D eigenvalue weighted by molar-refractivity contribution is -0.275.